The number of carbonyl (C=O) groups excluding carboxylic acids is 1. The monoisotopic (exact) mass is 276 g/mol. The van der Waals surface area contributed by atoms with Crippen molar-refractivity contribution in [1.29, 1.82) is 0 Å². The lowest BCUT2D eigenvalue weighted by Crippen LogP contribution is -2.49. The molecule has 0 spiro atoms. The first-order valence-electron chi connectivity index (χ1n) is 6.84. The van der Waals surface area contributed by atoms with Crippen LogP contribution in [0, 0.1) is 5.92 Å². The lowest BCUT2D eigenvalue weighted by molar-refractivity contribution is -0.147. The third-order valence-corrected chi connectivity index (χ3v) is 3.93. The summed E-state index contributed by atoms with van der Waals surface area (Å²) in [6.45, 7) is 2.34. The van der Waals surface area contributed by atoms with E-state index in [1.165, 1.54) is 0 Å². The molecule has 1 aromatic rings. The summed E-state index contributed by atoms with van der Waals surface area (Å²) in [5.41, 5.74) is 6.80. The van der Waals surface area contributed by atoms with Crippen LogP contribution in [0.4, 0.5) is 0 Å². The van der Waals surface area contributed by atoms with E-state index in [0.29, 0.717) is 19.4 Å². The molecule has 1 aliphatic heterocycles. The number of piperidine rings is 1. The van der Waals surface area contributed by atoms with Gasteiger partial charge in [-0.15, -0.1) is 0 Å². The van der Waals surface area contributed by atoms with E-state index in [1.807, 2.05) is 37.3 Å². The summed E-state index contributed by atoms with van der Waals surface area (Å²) < 4.78 is 0. The van der Waals surface area contributed by atoms with Crippen LogP contribution >= 0.6 is 0 Å². The minimum absolute atomic E-state index is 0.0906. The second-order valence-electron chi connectivity index (χ2n) is 5.33. The van der Waals surface area contributed by atoms with Gasteiger partial charge in [-0.25, -0.2) is 0 Å². The Hall–Kier alpha value is -1.88. The fourth-order valence-electron chi connectivity index (χ4n) is 2.71. The first-order chi connectivity index (χ1) is 9.50. The van der Waals surface area contributed by atoms with E-state index in [9.17, 15) is 9.59 Å². The molecule has 20 heavy (non-hydrogen) atoms. The van der Waals surface area contributed by atoms with Crippen LogP contribution in [0.1, 0.15) is 31.4 Å². The molecular formula is C15H20N2O3. The molecule has 108 valence electrons. The summed E-state index contributed by atoms with van der Waals surface area (Å²) in [5.74, 6) is -1.27. The van der Waals surface area contributed by atoms with Crippen molar-refractivity contribution in [1.82, 2.24) is 4.90 Å². The van der Waals surface area contributed by atoms with Gasteiger partial charge in [0.15, 0.2) is 0 Å². The van der Waals surface area contributed by atoms with E-state index in [2.05, 4.69) is 0 Å². The highest BCUT2D eigenvalue weighted by atomic mass is 16.4. The zero-order valence-electron chi connectivity index (χ0n) is 11.5. The zero-order valence-corrected chi connectivity index (χ0v) is 11.5. The van der Waals surface area contributed by atoms with E-state index in [4.69, 9.17) is 10.8 Å². The largest absolute Gasteiger partial charge is 0.481 e. The molecule has 0 radical (unpaired) electrons. The molecule has 1 heterocycles. The molecule has 0 saturated carbocycles. The van der Waals surface area contributed by atoms with Gasteiger partial charge in [0.2, 0.25) is 5.91 Å². The number of hydrogen-bond acceptors (Lipinski definition) is 3. The molecule has 2 unspecified atom stereocenters. The lowest BCUT2D eigenvalue weighted by atomic mass is 9.91. The Kier molecular flexibility index (Phi) is 4.39. The second-order valence-corrected chi connectivity index (χ2v) is 5.33. The van der Waals surface area contributed by atoms with Crippen molar-refractivity contribution in [2.45, 2.75) is 31.8 Å². The summed E-state index contributed by atoms with van der Waals surface area (Å²) in [6.07, 6.45) is 0.982. The lowest BCUT2D eigenvalue weighted by Gasteiger charge is -2.37. The number of aliphatic carboxylic acids is 1. The Labute approximate surface area is 118 Å². The molecule has 3 atom stereocenters. The van der Waals surface area contributed by atoms with Crippen LogP contribution in [0.15, 0.2) is 30.3 Å². The summed E-state index contributed by atoms with van der Waals surface area (Å²) in [7, 11) is 0. The van der Waals surface area contributed by atoms with E-state index < -0.39 is 12.0 Å². The summed E-state index contributed by atoms with van der Waals surface area (Å²) >= 11 is 0. The quantitative estimate of drug-likeness (QED) is 0.874. The highest BCUT2D eigenvalue weighted by molar-refractivity contribution is 5.83. The van der Waals surface area contributed by atoms with Gasteiger partial charge in [0.05, 0.1) is 5.92 Å². The second kappa shape index (κ2) is 6.05. The third kappa shape index (κ3) is 2.99. The first-order valence-corrected chi connectivity index (χ1v) is 6.84. The van der Waals surface area contributed by atoms with Crippen molar-refractivity contribution >= 4 is 11.9 Å². The Morgan fingerprint density at radius 2 is 2.00 bits per heavy atom. The summed E-state index contributed by atoms with van der Waals surface area (Å²) in [6, 6.07) is 8.47. The molecule has 1 amide bonds. The number of likely N-dealkylation sites (tertiary alicyclic amines) is 1. The van der Waals surface area contributed by atoms with Gasteiger partial charge < -0.3 is 15.7 Å². The minimum Gasteiger partial charge on any atom is -0.481 e. The number of carbonyl (C=O) groups is 2. The number of benzene rings is 1. The van der Waals surface area contributed by atoms with Crippen molar-refractivity contribution in [2.24, 2.45) is 11.7 Å². The van der Waals surface area contributed by atoms with E-state index in [1.54, 1.807) is 4.90 Å². The van der Waals surface area contributed by atoms with Crippen molar-refractivity contribution in [2.75, 3.05) is 6.54 Å². The van der Waals surface area contributed by atoms with Crippen LogP contribution in [0.3, 0.4) is 0 Å². The van der Waals surface area contributed by atoms with E-state index in [0.717, 1.165) is 5.56 Å². The van der Waals surface area contributed by atoms with Gasteiger partial charge in [0, 0.05) is 12.6 Å². The zero-order chi connectivity index (χ0) is 14.7. The van der Waals surface area contributed by atoms with Crippen LogP contribution in [-0.4, -0.2) is 34.5 Å². The predicted octanol–water partition coefficient (Wildman–Crippen LogP) is 1.40. The summed E-state index contributed by atoms with van der Waals surface area (Å²) in [5, 5.41) is 9.04. The molecule has 1 fully saturated rings. The Bertz CT molecular complexity index is 489. The van der Waals surface area contributed by atoms with E-state index in [-0.39, 0.29) is 17.9 Å². The number of hydrogen-bond donors (Lipinski definition) is 2. The van der Waals surface area contributed by atoms with Crippen LogP contribution in [0.2, 0.25) is 0 Å². The van der Waals surface area contributed by atoms with Crippen LogP contribution < -0.4 is 5.73 Å². The predicted molar refractivity (Wildman–Crippen MR) is 74.9 cm³/mol. The van der Waals surface area contributed by atoms with Crippen LogP contribution in [-0.2, 0) is 9.59 Å². The van der Waals surface area contributed by atoms with Crippen LogP contribution in [0.5, 0.6) is 0 Å². The highest BCUT2D eigenvalue weighted by Gasteiger charge is 2.34. The normalized spacial score (nSPS) is 24.2. The molecule has 5 nitrogen and oxygen atoms in total. The fraction of sp³-hybridized carbons (Fsp3) is 0.467. The molecule has 0 aromatic heterocycles. The number of carboxylic acids is 1. The number of rotatable bonds is 3. The maximum absolute atomic E-state index is 12.4. The van der Waals surface area contributed by atoms with Gasteiger partial charge in [0.25, 0.3) is 0 Å². The highest BCUT2D eigenvalue weighted by Crippen LogP contribution is 2.25. The topological polar surface area (TPSA) is 83.6 Å². The van der Waals surface area contributed by atoms with Gasteiger partial charge in [-0.3, -0.25) is 9.59 Å². The molecule has 1 aromatic carbocycles. The molecule has 1 saturated heterocycles. The van der Waals surface area contributed by atoms with E-state index >= 15 is 0 Å². The molecule has 5 heteroatoms. The summed E-state index contributed by atoms with van der Waals surface area (Å²) in [4.78, 5) is 25.1. The molecule has 0 bridgehead atoms. The van der Waals surface area contributed by atoms with Crippen molar-refractivity contribution in [3.63, 3.8) is 0 Å². The molecule has 1 aliphatic rings. The minimum atomic E-state index is -0.781. The van der Waals surface area contributed by atoms with Crippen molar-refractivity contribution in [3.05, 3.63) is 35.9 Å². The molecule has 0 aliphatic carbocycles. The molecule has 2 rings (SSSR count). The van der Waals surface area contributed by atoms with Crippen molar-refractivity contribution in [3.8, 4) is 0 Å². The van der Waals surface area contributed by atoms with Crippen molar-refractivity contribution < 1.29 is 14.7 Å². The first kappa shape index (κ1) is 14.5. The molecule has 3 N–H and O–H groups in total. The fourth-order valence-corrected chi connectivity index (χ4v) is 2.71. The van der Waals surface area contributed by atoms with Gasteiger partial charge in [-0.05, 0) is 25.3 Å². The van der Waals surface area contributed by atoms with Gasteiger partial charge >= 0.3 is 5.97 Å². The SMILES string of the molecule is CC1CC(C(=O)O)CCN1C(=O)[C@@H](N)c1ccccc1. The van der Waals surface area contributed by atoms with Gasteiger partial charge in [0.1, 0.15) is 6.04 Å². The number of amides is 1. The number of carboxylic acid groups (broad SMARTS) is 1. The Morgan fingerprint density at radius 3 is 2.55 bits per heavy atom. The maximum atomic E-state index is 12.4. The van der Waals surface area contributed by atoms with Gasteiger partial charge in [-0.2, -0.15) is 0 Å². The average Bonchev–Trinajstić information content (AvgIpc) is 2.46. The van der Waals surface area contributed by atoms with Gasteiger partial charge in [-0.1, -0.05) is 30.3 Å². The third-order valence-electron chi connectivity index (χ3n) is 3.93. The number of nitrogens with two attached hydrogens (primary N) is 1. The Morgan fingerprint density at radius 1 is 1.35 bits per heavy atom. The molecular weight excluding hydrogens is 256 g/mol. The Balaban J connectivity index is 2.05. The maximum Gasteiger partial charge on any atom is 0.306 e. The number of nitrogens with zero attached hydrogens (tertiary/aromatic N) is 1. The smallest absolute Gasteiger partial charge is 0.306 e. The standard InChI is InChI=1S/C15H20N2O3/c1-10-9-12(15(19)20)7-8-17(10)14(18)13(16)11-5-3-2-4-6-11/h2-6,10,12-13H,7-9,16H2,1H3,(H,19,20)/t10?,12?,13-/m0/s1. The average molecular weight is 276 g/mol. The van der Waals surface area contributed by atoms with Crippen LogP contribution in [0.25, 0.3) is 0 Å².